The maximum absolute atomic E-state index is 3.63. The Bertz CT molecular complexity index is 194. The van der Waals surface area contributed by atoms with Gasteiger partial charge in [0.05, 0.1) is 0 Å². The first-order chi connectivity index (χ1) is 8.10. The van der Waals surface area contributed by atoms with Gasteiger partial charge in [0.1, 0.15) is 0 Å². The molecule has 0 bridgehead atoms. The highest BCUT2D eigenvalue weighted by atomic mass is 15.0. The molecule has 17 heavy (non-hydrogen) atoms. The van der Waals surface area contributed by atoms with Crippen LogP contribution in [0.3, 0.4) is 0 Å². The third kappa shape index (κ3) is 7.71. The normalized spacial score (nSPS) is 29.5. The van der Waals surface area contributed by atoms with E-state index < -0.39 is 0 Å². The Morgan fingerprint density at radius 2 is 1.53 bits per heavy atom. The summed E-state index contributed by atoms with van der Waals surface area (Å²) in [5.74, 6) is 0. The summed E-state index contributed by atoms with van der Waals surface area (Å²) in [6.45, 7) is 13.3. The van der Waals surface area contributed by atoms with Crippen LogP contribution in [0.25, 0.3) is 0 Å². The summed E-state index contributed by atoms with van der Waals surface area (Å²) in [6.07, 6.45) is 2.37. The van der Waals surface area contributed by atoms with E-state index in [1.165, 1.54) is 6.42 Å². The number of rotatable bonds is 0. The minimum absolute atomic E-state index is 0.214. The second-order valence-corrected chi connectivity index (χ2v) is 5.72. The van der Waals surface area contributed by atoms with Gasteiger partial charge in [0, 0.05) is 37.8 Å². The summed E-state index contributed by atoms with van der Waals surface area (Å²) in [6, 6.07) is 0.565. The lowest BCUT2D eigenvalue weighted by atomic mass is 9.96. The van der Waals surface area contributed by atoms with Crippen molar-refractivity contribution in [2.24, 2.45) is 0 Å². The van der Waals surface area contributed by atoms with Gasteiger partial charge in [-0.2, -0.15) is 0 Å². The zero-order chi connectivity index (χ0) is 12.6. The Morgan fingerprint density at radius 1 is 0.882 bits per heavy atom. The van der Waals surface area contributed by atoms with E-state index in [0.29, 0.717) is 6.04 Å². The smallest absolute Gasteiger partial charge is 0.0140 e. The molecule has 102 valence electrons. The molecule has 4 heteroatoms. The van der Waals surface area contributed by atoms with Crippen LogP contribution in [0.4, 0.5) is 0 Å². The Balaban J connectivity index is 2.33. The molecule has 0 radical (unpaired) electrons. The minimum atomic E-state index is 0.214. The first-order valence-corrected chi connectivity index (χ1v) is 7.00. The number of nitrogens with one attached hydrogen (secondary N) is 4. The molecular formula is C13H30N4. The monoisotopic (exact) mass is 242 g/mol. The molecule has 1 fully saturated rings. The fourth-order valence-corrected chi connectivity index (χ4v) is 2.39. The third-order valence-electron chi connectivity index (χ3n) is 3.22. The van der Waals surface area contributed by atoms with Crippen molar-refractivity contribution < 1.29 is 0 Å². The SMILES string of the molecule is CC1CC(C)(C)NCCNCCCNCCN1. The molecule has 0 amide bonds. The van der Waals surface area contributed by atoms with Crippen LogP contribution < -0.4 is 21.3 Å². The molecule has 1 rings (SSSR count). The standard InChI is InChI=1S/C13H30N4/c1-12-11-13(2,3)17-10-8-15-6-4-5-14-7-9-16-12/h12,14-17H,4-11H2,1-3H3. The molecule has 1 saturated heterocycles. The summed E-state index contributed by atoms with van der Waals surface area (Å²) in [5.41, 5.74) is 0.214. The first-order valence-electron chi connectivity index (χ1n) is 7.00. The molecule has 0 spiro atoms. The van der Waals surface area contributed by atoms with Crippen molar-refractivity contribution >= 4 is 0 Å². The molecule has 0 aromatic rings. The Hall–Kier alpha value is -0.160. The van der Waals surface area contributed by atoms with Gasteiger partial charge in [0.25, 0.3) is 0 Å². The Kier molecular flexibility index (Phi) is 7.04. The van der Waals surface area contributed by atoms with Crippen molar-refractivity contribution in [3.63, 3.8) is 0 Å². The fourth-order valence-electron chi connectivity index (χ4n) is 2.39. The van der Waals surface area contributed by atoms with Crippen LogP contribution in [0.15, 0.2) is 0 Å². The van der Waals surface area contributed by atoms with Crippen LogP contribution in [0.5, 0.6) is 0 Å². The van der Waals surface area contributed by atoms with E-state index in [9.17, 15) is 0 Å². The van der Waals surface area contributed by atoms with Crippen LogP contribution in [0.2, 0.25) is 0 Å². The van der Waals surface area contributed by atoms with Crippen LogP contribution in [0, 0.1) is 0 Å². The molecule has 0 saturated carbocycles. The molecular weight excluding hydrogens is 212 g/mol. The maximum Gasteiger partial charge on any atom is 0.0140 e. The minimum Gasteiger partial charge on any atom is -0.315 e. The van der Waals surface area contributed by atoms with E-state index in [1.807, 2.05) is 0 Å². The van der Waals surface area contributed by atoms with Gasteiger partial charge in [-0.1, -0.05) is 0 Å². The predicted octanol–water partition coefficient (Wildman–Crippen LogP) is 0.306. The summed E-state index contributed by atoms with van der Waals surface area (Å²) >= 11 is 0. The molecule has 4 N–H and O–H groups in total. The molecule has 1 unspecified atom stereocenters. The second kappa shape index (κ2) is 8.03. The van der Waals surface area contributed by atoms with Crippen LogP contribution in [0.1, 0.15) is 33.6 Å². The van der Waals surface area contributed by atoms with Crippen LogP contribution in [-0.2, 0) is 0 Å². The summed E-state index contributed by atoms with van der Waals surface area (Å²) in [5, 5.41) is 14.1. The molecule has 0 aromatic carbocycles. The van der Waals surface area contributed by atoms with Gasteiger partial charge in [0.15, 0.2) is 0 Å². The highest BCUT2D eigenvalue weighted by molar-refractivity contribution is 4.82. The lowest BCUT2D eigenvalue weighted by Crippen LogP contribution is -2.48. The number of hydrogen-bond donors (Lipinski definition) is 4. The highest BCUT2D eigenvalue weighted by Gasteiger charge is 2.19. The maximum atomic E-state index is 3.63. The van der Waals surface area contributed by atoms with Gasteiger partial charge in [-0.3, -0.25) is 0 Å². The molecule has 1 aliphatic rings. The van der Waals surface area contributed by atoms with Crippen molar-refractivity contribution in [3.8, 4) is 0 Å². The van der Waals surface area contributed by atoms with E-state index in [0.717, 1.165) is 45.7 Å². The van der Waals surface area contributed by atoms with E-state index >= 15 is 0 Å². The van der Waals surface area contributed by atoms with Crippen LogP contribution in [-0.4, -0.2) is 50.8 Å². The van der Waals surface area contributed by atoms with E-state index in [2.05, 4.69) is 42.0 Å². The van der Waals surface area contributed by atoms with Crippen molar-refractivity contribution in [2.45, 2.75) is 45.2 Å². The Labute approximate surface area is 106 Å². The molecule has 1 aliphatic heterocycles. The van der Waals surface area contributed by atoms with Gasteiger partial charge < -0.3 is 21.3 Å². The largest absolute Gasteiger partial charge is 0.315 e. The van der Waals surface area contributed by atoms with Gasteiger partial charge in [0.2, 0.25) is 0 Å². The summed E-state index contributed by atoms with van der Waals surface area (Å²) in [7, 11) is 0. The van der Waals surface area contributed by atoms with E-state index in [-0.39, 0.29) is 5.54 Å². The first kappa shape index (κ1) is 14.9. The topological polar surface area (TPSA) is 48.1 Å². The summed E-state index contributed by atoms with van der Waals surface area (Å²) < 4.78 is 0. The zero-order valence-electron chi connectivity index (χ0n) is 11.7. The fraction of sp³-hybridized carbons (Fsp3) is 1.00. The third-order valence-corrected chi connectivity index (χ3v) is 3.22. The lowest BCUT2D eigenvalue weighted by Gasteiger charge is -2.30. The second-order valence-electron chi connectivity index (χ2n) is 5.72. The molecule has 1 atom stereocenters. The van der Waals surface area contributed by atoms with Gasteiger partial charge in [-0.15, -0.1) is 0 Å². The van der Waals surface area contributed by atoms with Gasteiger partial charge in [-0.05, 0) is 46.7 Å². The number of hydrogen-bond acceptors (Lipinski definition) is 4. The Morgan fingerprint density at radius 3 is 2.24 bits per heavy atom. The van der Waals surface area contributed by atoms with Crippen molar-refractivity contribution in [1.82, 2.24) is 21.3 Å². The molecule has 1 heterocycles. The predicted molar refractivity (Wildman–Crippen MR) is 74.5 cm³/mol. The zero-order valence-corrected chi connectivity index (χ0v) is 11.7. The highest BCUT2D eigenvalue weighted by Crippen LogP contribution is 2.10. The van der Waals surface area contributed by atoms with Crippen LogP contribution >= 0.6 is 0 Å². The van der Waals surface area contributed by atoms with Crippen molar-refractivity contribution in [2.75, 3.05) is 39.3 Å². The molecule has 4 nitrogen and oxygen atoms in total. The van der Waals surface area contributed by atoms with Crippen molar-refractivity contribution in [3.05, 3.63) is 0 Å². The average Bonchev–Trinajstić information content (AvgIpc) is 2.24. The molecule has 0 aliphatic carbocycles. The quantitative estimate of drug-likeness (QED) is 0.494. The van der Waals surface area contributed by atoms with Crippen molar-refractivity contribution in [1.29, 1.82) is 0 Å². The van der Waals surface area contributed by atoms with E-state index in [4.69, 9.17) is 0 Å². The van der Waals surface area contributed by atoms with Gasteiger partial charge >= 0.3 is 0 Å². The average molecular weight is 242 g/mol. The lowest BCUT2D eigenvalue weighted by molar-refractivity contribution is 0.316. The molecule has 0 aromatic heterocycles. The van der Waals surface area contributed by atoms with E-state index in [1.54, 1.807) is 0 Å². The van der Waals surface area contributed by atoms with Gasteiger partial charge in [-0.25, -0.2) is 0 Å². The summed E-state index contributed by atoms with van der Waals surface area (Å²) in [4.78, 5) is 0.